The van der Waals surface area contributed by atoms with Crippen molar-refractivity contribution >= 4 is 22.8 Å². The molecule has 2 aliphatic rings. The second kappa shape index (κ2) is 4.98. The molecule has 5 heteroatoms. The molecule has 0 saturated carbocycles. The zero-order valence-corrected chi connectivity index (χ0v) is 11.5. The lowest BCUT2D eigenvalue weighted by molar-refractivity contribution is -0.152. The van der Waals surface area contributed by atoms with Crippen LogP contribution in [0.3, 0.4) is 0 Å². The summed E-state index contributed by atoms with van der Waals surface area (Å²) in [6.45, 7) is 8.14. The summed E-state index contributed by atoms with van der Waals surface area (Å²) in [5.74, 6) is 0.562. The average molecular weight is 257 g/mol. The lowest BCUT2D eigenvalue weighted by Gasteiger charge is -2.40. The second-order valence-electron chi connectivity index (χ2n) is 4.82. The van der Waals surface area contributed by atoms with E-state index >= 15 is 0 Å². The summed E-state index contributed by atoms with van der Waals surface area (Å²) in [4.78, 5) is 15.5. The number of aliphatic imine (C=N–C) groups is 1. The molecule has 0 N–H and O–H groups in total. The van der Waals surface area contributed by atoms with E-state index in [1.54, 1.807) is 11.8 Å². The van der Waals surface area contributed by atoms with Crippen molar-refractivity contribution in [3.8, 4) is 0 Å². The number of rotatable bonds is 2. The fourth-order valence-corrected chi connectivity index (χ4v) is 3.51. The van der Waals surface area contributed by atoms with Gasteiger partial charge in [-0.15, -0.1) is 0 Å². The van der Waals surface area contributed by atoms with E-state index in [1.165, 1.54) is 6.92 Å². The minimum Gasteiger partial charge on any atom is -0.463 e. The smallest absolute Gasteiger partial charge is 0.302 e. The molecule has 0 unspecified atom stereocenters. The number of esters is 1. The lowest BCUT2D eigenvalue weighted by Crippen LogP contribution is -2.47. The maximum Gasteiger partial charge on any atom is 0.302 e. The Bertz CT molecular complexity index is 345. The third-order valence-corrected chi connectivity index (χ3v) is 4.68. The van der Waals surface area contributed by atoms with E-state index in [0.29, 0.717) is 18.4 Å². The number of thioether (sulfide) groups is 1. The first-order valence-corrected chi connectivity index (χ1v) is 6.87. The van der Waals surface area contributed by atoms with Gasteiger partial charge in [-0.05, 0) is 18.8 Å². The Morgan fingerprint density at radius 3 is 2.82 bits per heavy atom. The first-order valence-electron chi connectivity index (χ1n) is 5.99. The highest BCUT2D eigenvalue weighted by Crippen LogP contribution is 2.41. The first-order chi connectivity index (χ1) is 7.99. The van der Waals surface area contributed by atoms with E-state index in [1.807, 2.05) is 6.92 Å². The topological polar surface area (TPSA) is 47.9 Å². The van der Waals surface area contributed by atoms with Gasteiger partial charge < -0.3 is 9.47 Å². The molecular weight excluding hydrogens is 238 g/mol. The SMILES string of the molecule is CC(=O)OC[C@H]1O[C@@H]2SC(C)=N[C@@H]2[C@@H](C)[C@H]1C. The van der Waals surface area contributed by atoms with Crippen molar-refractivity contribution in [3.05, 3.63) is 0 Å². The molecule has 0 aromatic rings. The molecule has 5 atom stereocenters. The summed E-state index contributed by atoms with van der Waals surface area (Å²) >= 11 is 1.68. The normalized spacial score (nSPS) is 40.7. The maximum atomic E-state index is 10.8. The Kier molecular flexibility index (Phi) is 3.78. The van der Waals surface area contributed by atoms with Crippen molar-refractivity contribution in [2.75, 3.05) is 6.61 Å². The summed E-state index contributed by atoms with van der Waals surface area (Å²) in [5.41, 5.74) is 0.0989. The van der Waals surface area contributed by atoms with Gasteiger partial charge in [-0.3, -0.25) is 9.79 Å². The van der Waals surface area contributed by atoms with Gasteiger partial charge in [0.1, 0.15) is 12.0 Å². The molecule has 1 fully saturated rings. The quantitative estimate of drug-likeness (QED) is 0.711. The molecule has 0 aromatic carbocycles. The number of ether oxygens (including phenoxy) is 2. The van der Waals surface area contributed by atoms with E-state index < -0.39 is 0 Å². The molecule has 96 valence electrons. The monoisotopic (exact) mass is 257 g/mol. The van der Waals surface area contributed by atoms with Gasteiger partial charge in [0.25, 0.3) is 0 Å². The molecule has 0 spiro atoms. The van der Waals surface area contributed by atoms with Crippen LogP contribution in [0.25, 0.3) is 0 Å². The fourth-order valence-electron chi connectivity index (χ4n) is 2.35. The summed E-state index contributed by atoms with van der Waals surface area (Å²) < 4.78 is 11.0. The largest absolute Gasteiger partial charge is 0.463 e. The van der Waals surface area contributed by atoms with E-state index in [2.05, 4.69) is 18.8 Å². The third-order valence-electron chi connectivity index (χ3n) is 3.61. The molecule has 17 heavy (non-hydrogen) atoms. The van der Waals surface area contributed by atoms with Gasteiger partial charge in [0.2, 0.25) is 0 Å². The summed E-state index contributed by atoms with van der Waals surface area (Å²) in [6.07, 6.45) is -0.0104. The van der Waals surface area contributed by atoms with Crippen LogP contribution in [-0.4, -0.2) is 35.2 Å². The van der Waals surface area contributed by atoms with E-state index in [4.69, 9.17) is 9.47 Å². The molecule has 2 aliphatic heterocycles. The van der Waals surface area contributed by atoms with Gasteiger partial charge in [0.15, 0.2) is 0 Å². The zero-order chi connectivity index (χ0) is 12.6. The van der Waals surface area contributed by atoms with Crippen molar-refractivity contribution in [2.45, 2.75) is 45.3 Å². The van der Waals surface area contributed by atoms with Crippen LogP contribution in [0.1, 0.15) is 27.7 Å². The summed E-state index contributed by atoms with van der Waals surface area (Å²) in [7, 11) is 0. The van der Waals surface area contributed by atoms with Crippen molar-refractivity contribution < 1.29 is 14.3 Å². The number of carbonyl (C=O) groups excluding carboxylic acids is 1. The number of hydrogen-bond acceptors (Lipinski definition) is 5. The van der Waals surface area contributed by atoms with Crippen LogP contribution < -0.4 is 0 Å². The third kappa shape index (κ3) is 2.65. The Hall–Kier alpha value is -0.550. The molecule has 0 aromatic heterocycles. The van der Waals surface area contributed by atoms with Crippen LogP contribution in [0.2, 0.25) is 0 Å². The molecule has 1 saturated heterocycles. The molecule has 0 amide bonds. The Morgan fingerprint density at radius 2 is 2.18 bits per heavy atom. The van der Waals surface area contributed by atoms with E-state index in [9.17, 15) is 4.79 Å². The van der Waals surface area contributed by atoms with Crippen molar-refractivity contribution in [3.63, 3.8) is 0 Å². The van der Waals surface area contributed by atoms with Crippen LogP contribution in [0.15, 0.2) is 4.99 Å². The second-order valence-corrected chi connectivity index (χ2v) is 6.11. The van der Waals surface area contributed by atoms with Gasteiger partial charge in [-0.2, -0.15) is 0 Å². The minimum atomic E-state index is -0.248. The van der Waals surface area contributed by atoms with Crippen molar-refractivity contribution in [1.82, 2.24) is 0 Å². The first kappa shape index (κ1) is 12.9. The van der Waals surface area contributed by atoms with Gasteiger partial charge in [0, 0.05) is 6.92 Å². The highest BCUT2D eigenvalue weighted by atomic mass is 32.2. The Balaban J connectivity index is 2.01. The number of carbonyl (C=O) groups is 1. The molecule has 2 rings (SSSR count). The van der Waals surface area contributed by atoms with Gasteiger partial charge in [0.05, 0.1) is 17.2 Å². The number of nitrogens with zero attached hydrogens (tertiary/aromatic N) is 1. The summed E-state index contributed by atoms with van der Waals surface area (Å²) in [6, 6.07) is 0.253. The van der Waals surface area contributed by atoms with Crippen LogP contribution in [0, 0.1) is 11.8 Å². The van der Waals surface area contributed by atoms with Crippen LogP contribution in [0.5, 0.6) is 0 Å². The highest BCUT2D eigenvalue weighted by molar-refractivity contribution is 8.14. The van der Waals surface area contributed by atoms with E-state index in [-0.39, 0.29) is 23.6 Å². The number of fused-ring (bicyclic) bond motifs is 1. The van der Waals surface area contributed by atoms with Gasteiger partial charge in [-0.1, -0.05) is 25.6 Å². The predicted molar refractivity (Wildman–Crippen MR) is 68.1 cm³/mol. The van der Waals surface area contributed by atoms with Gasteiger partial charge >= 0.3 is 5.97 Å². The van der Waals surface area contributed by atoms with Crippen LogP contribution in [-0.2, 0) is 14.3 Å². The standard InChI is InChI=1S/C12H19NO3S/c1-6-7(2)11-12(17-8(3)13-11)16-10(6)5-15-9(4)14/h6-7,10-12H,5H2,1-4H3/t6-,7+,10-,11-,12-/m1/s1. The van der Waals surface area contributed by atoms with Gasteiger partial charge in [-0.25, -0.2) is 0 Å². The van der Waals surface area contributed by atoms with Crippen LogP contribution >= 0.6 is 11.8 Å². The van der Waals surface area contributed by atoms with Crippen molar-refractivity contribution in [1.29, 1.82) is 0 Å². The van der Waals surface area contributed by atoms with Crippen LogP contribution in [0.4, 0.5) is 0 Å². The van der Waals surface area contributed by atoms with E-state index in [0.717, 1.165) is 5.04 Å². The molecule has 0 aliphatic carbocycles. The molecule has 4 nitrogen and oxygen atoms in total. The predicted octanol–water partition coefficient (Wildman–Crippen LogP) is 2.08. The number of hydrogen-bond donors (Lipinski definition) is 0. The van der Waals surface area contributed by atoms with Crippen molar-refractivity contribution in [2.24, 2.45) is 16.8 Å². The summed E-state index contributed by atoms with van der Waals surface area (Å²) in [5, 5.41) is 1.09. The fraction of sp³-hybridized carbons (Fsp3) is 0.833. The molecule has 2 heterocycles. The molecular formula is C12H19NO3S. The Labute approximate surface area is 106 Å². The average Bonchev–Trinajstić information content (AvgIpc) is 2.62. The maximum absolute atomic E-state index is 10.8. The molecule has 0 bridgehead atoms. The minimum absolute atomic E-state index is 0.0104. The molecule has 0 radical (unpaired) electrons. The lowest BCUT2D eigenvalue weighted by atomic mass is 9.83. The Morgan fingerprint density at radius 1 is 1.47 bits per heavy atom. The zero-order valence-electron chi connectivity index (χ0n) is 10.7. The highest BCUT2D eigenvalue weighted by Gasteiger charge is 2.44.